The molecule has 2 aromatic rings. The van der Waals surface area contributed by atoms with E-state index >= 15 is 0 Å². The van der Waals surface area contributed by atoms with Crippen LogP contribution in [0.4, 0.5) is 11.5 Å². The molecule has 9 heteroatoms. The average molecular weight is 473 g/mol. The molecule has 176 valence electrons. The molecule has 1 aromatic heterocycles. The SMILES string of the molecule is O=C(Nc1cnc(N2CCC(CCN3CCOCC3)CC2)c(C(=O)O)c1)c1ccc(Cl)cc1. The summed E-state index contributed by atoms with van der Waals surface area (Å²) in [7, 11) is 0. The van der Waals surface area contributed by atoms with E-state index in [0.717, 1.165) is 65.2 Å². The Morgan fingerprint density at radius 2 is 1.82 bits per heavy atom. The highest BCUT2D eigenvalue weighted by molar-refractivity contribution is 6.30. The van der Waals surface area contributed by atoms with Crippen LogP contribution in [0.5, 0.6) is 0 Å². The van der Waals surface area contributed by atoms with Gasteiger partial charge in [0.2, 0.25) is 0 Å². The van der Waals surface area contributed by atoms with Crippen LogP contribution < -0.4 is 10.2 Å². The van der Waals surface area contributed by atoms with E-state index in [9.17, 15) is 14.7 Å². The number of carbonyl (C=O) groups is 2. The first kappa shape index (κ1) is 23.5. The Morgan fingerprint density at radius 3 is 2.48 bits per heavy atom. The Bertz CT molecular complexity index is 971. The van der Waals surface area contributed by atoms with Gasteiger partial charge in [0.25, 0.3) is 5.91 Å². The minimum absolute atomic E-state index is 0.0932. The molecule has 4 rings (SSSR count). The zero-order valence-corrected chi connectivity index (χ0v) is 19.3. The number of aromatic nitrogens is 1. The molecule has 3 heterocycles. The van der Waals surface area contributed by atoms with E-state index in [1.807, 2.05) is 4.90 Å². The fourth-order valence-electron chi connectivity index (χ4n) is 4.36. The van der Waals surface area contributed by atoms with E-state index in [2.05, 4.69) is 15.2 Å². The number of carbonyl (C=O) groups excluding carboxylic acids is 1. The highest BCUT2D eigenvalue weighted by Gasteiger charge is 2.25. The third kappa shape index (κ3) is 6.22. The lowest BCUT2D eigenvalue weighted by Crippen LogP contribution is -2.39. The van der Waals surface area contributed by atoms with Gasteiger partial charge in [0.1, 0.15) is 11.4 Å². The van der Waals surface area contributed by atoms with Crippen molar-refractivity contribution >= 4 is 35.0 Å². The molecule has 0 atom stereocenters. The van der Waals surface area contributed by atoms with Gasteiger partial charge in [0, 0.05) is 36.8 Å². The van der Waals surface area contributed by atoms with E-state index in [0.29, 0.717) is 28.0 Å². The number of hydrogen-bond donors (Lipinski definition) is 2. The van der Waals surface area contributed by atoms with Crippen LogP contribution in [0.15, 0.2) is 36.5 Å². The van der Waals surface area contributed by atoms with Crippen molar-refractivity contribution in [2.75, 3.05) is 56.2 Å². The van der Waals surface area contributed by atoms with Gasteiger partial charge in [-0.15, -0.1) is 0 Å². The standard InChI is InChI=1S/C24H29ClN4O4/c25-19-3-1-18(2-4-19)23(30)27-20-15-21(24(31)32)22(26-16-20)29-9-6-17(7-10-29)5-8-28-11-13-33-14-12-28/h1-4,15-17H,5-14H2,(H,27,30)(H,31,32). The van der Waals surface area contributed by atoms with E-state index in [1.54, 1.807) is 24.3 Å². The van der Waals surface area contributed by atoms with Crippen molar-refractivity contribution in [3.63, 3.8) is 0 Å². The van der Waals surface area contributed by atoms with Gasteiger partial charge >= 0.3 is 5.97 Å². The number of morpholine rings is 1. The maximum absolute atomic E-state index is 12.5. The molecular formula is C24H29ClN4O4. The summed E-state index contributed by atoms with van der Waals surface area (Å²) >= 11 is 5.87. The van der Waals surface area contributed by atoms with Crippen molar-refractivity contribution in [2.24, 2.45) is 5.92 Å². The van der Waals surface area contributed by atoms with Gasteiger partial charge in [0.05, 0.1) is 25.1 Å². The molecule has 1 aromatic carbocycles. The van der Waals surface area contributed by atoms with E-state index < -0.39 is 5.97 Å². The third-order valence-corrected chi connectivity index (χ3v) is 6.58. The summed E-state index contributed by atoms with van der Waals surface area (Å²) in [6, 6.07) is 7.96. The molecule has 0 aliphatic carbocycles. The first-order valence-electron chi connectivity index (χ1n) is 11.3. The van der Waals surface area contributed by atoms with Gasteiger partial charge in [-0.25, -0.2) is 9.78 Å². The lowest BCUT2D eigenvalue weighted by Gasteiger charge is -2.35. The Labute approximate surface area is 198 Å². The van der Waals surface area contributed by atoms with Crippen molar-refractivity contribution < 1.29 is 19.4 Å². The van der Waals surface area contributed by atoms with Crippen molar-refractivity contribution in [1.82, 2.24) is 9.88 Å². The number of pyridine rings is 1. The van der Waals surface area contributed by atoms with Crippen LogP contribution in [0.2, 0.25) is 5.02 Å². The molecule has 0 radical (unpaired) electrons. The Balaban J connectivity index is 1.36. The molecule has 2 fully saturated rings. The predicted molar refractivity (Wildman–Crippen MR) is 127 cm³/mol. The highest BCUT2D eigenvalue weighted by atomic mass is 35.5. The van der Waals surface area contributed by atoms with Gasteiger partial charge in [-0.05, 0) is 62.1 Å². The van der Waals surface area contributed by atoms with Crippen molar-refractivity contribution in [2.45, 2.75) is 19.3 Å². The molecule has 2 saturated heterocycles. The second-order valence-corrected chi connectivity index (χ2v) is 8.97. The van der Waals surface area contributed by atoms with Crippen LogP contribution in [0.3, 0.4) is 0 Å². The van der Waals surface area contributed by atoms with Gasteiger partial charge < -0.3 is 20.1 Å². The molecular weight excluding hydrogens is 444 g/mol. The summed E-state index contributed by atoms with van der Waals surface area (Å²) in [5.74, 6) is -0.317. The van der Waals surface area contributed by atoms with Crippen LogP contribution in [-0.2, 0) is 4.74 Å². The number of carboxylic acid groups (broad SMARTS) is 1. The van der Waals surface area contributed by atoms with Crippen LogP contribution in [0, 0.1) is 5.92 Å². The van der Waals surface area contributed by atoms with Gasteiger partial charge in [-0.1, -0.05) is 11.6 Å². The highest BCUT2D eigenvalue weighted by Crippen LogP contribution is 2.28. The van der Waals surface area contributed by atoms with Crippen LogP contribution in [0.25, 0.3) is 0 Å². The number of rotatable bonds is 7. The number of nitrogens with one attached hydrogen (secondary N) is 1. The van der Waals surface area contributed by atoms with Gasteiger partial charge in [0.15, 0.2) is 0 Å². The number of amides is 1. The monoisotopic (exact) mass is 472 g/mol. The number of aromatic carboxylic acids is 1. The summed E-state index contributed by atoms with van der Waals surface area (Å²) < 4.78 is 5.41. The first-order chi connectivity index (χ1) is 16.0. The van der Waals surface area contributed by atoms with Crippen molar-refractivity contribution in [3.8, 4) is 0 Å². The Hall–Kier alpha value is -2.68. The molecule has 2 N–H and O–H groups in total. The van der Waals surface area contributed by atoms with Crippen molar-refractivity contribution in [3.05, 3.63) is 52.7 Å². The number of halogens is 1. The van der Waals surface area contributed by atoms with Crippen LogP contribution in [0.1, 0.15) is 40.0 Å². The fraction of sp³-hybridized carbons (Fsp3) is 0.458. The number of nitrogens with zero attached hydrogens (tertiary/aromatic N) is 3. The minimum atomic E-state index is -1.06. The minimum Gasteiger partial charge on any atom is -0.478 e. The number of anilines is 2. The van der Waals surface area contributed by atoms with Gasteiger partial charge in [-0.3, -0.25) is 9.69 Å². The first-order valence-corrected chi connectivity index (χ1v) is 11.7. The molecule has 33 heavy (non-hydrogen) atoms. The maximum Gasteiger partial charge on any atom is 0.339 e. The summed E-state index contributed by atoms with van der Waals surface area (Å²) in [5.41, 5.74) is 0.867. The van der Waals surface area contributed by atoms with E-state index in [1.165, 1.54) is 12.3 Å². The molecule has 1 amide bonds. The number of carboxylic acids is 1. The zero-order valence-electron chi connectivity index (χ0n) is 18.5. The maximum atomic E-state index is 12.5. The van der Waals surface area contributed by atoms with Crippen LogP contribution in [-0.4, -0.2) is 72.8 Å². The quantitative estimate of drug-likeness (QED) is 0.635. The molecule has 0 unspecified atom stereocenters. The summed E-state index contributed by atoms with van der Waals surface area (Å²) in [5, 5.41) is 13.0. The molecule has 2 aliphatic heterocycles. The summed E-state index contributed by atoms with van der Waals surface area (Å²) in [6.07, 6.45) is 4.70. The molecule has 8 nitrogen and oxygen atoms in total. The predicted octanol–water partition coefficient (Wildman–Crippen LogP) is 3.62. The molecule has 0 saturated carbocycles. The number of piperidine rings is 1. The largest absolute Gasteiger partial charge is 0.478 e. The van der Waals surface area contributed by atoms with Gasteiger partial charge in [-0.2, -0.15) is 0 Å². The topological polar surface area (TPSA) is 95.0 Å². The molecule has 0 spiro atoms. The average Bonchev–Trinajstić information content (AvgIpc) is 2.84. The third-order valence-electron chi connectivity index (χ3n) is 6.33. The number of hydrogen-bond acceptors (Lipinski definition) is 6. The number of ether oxygens (including phenoxy) is 1. The lowest BCUT2D eigenvalue weighted by molar-refractivity contribution is 0.0349. The smallest absolute Gasteiger partial charge is 0.339 e. The number of benzene rings is 1. The molecule has 2 aliphatic rings. The molecule has 0 bridgehead atoms. The van der Waals surface area contributed by atoms with Crippen molar-refractivity contribution in [1.29, 1.82) is 0 Å². The zero-order chi connectivity index (χ0) is 23.2. The lowest BCUT2D eigenvalue weighted by atomic mass is 9.93. The Kier molecular flexibility index (Phi) is 7.80. The Morgan fingerprint density at radius 1 is 1.12 bits per heavy atom. The summed E-state index contributed by atoms with van der Waals surface area (Å²) in [6.45, 7) is 6.29. The van der Waals surface area contributed by atoms with E-state index in [-0.39, 0.29) is 11.5 Å². The second kappa shape index (κ2) is 11.0. The summed E-state index contributed by atoms with van der Waals surface area (Å²) in [4.78, 5) is 33.3. The van der Waals surface area contributed by atoms with Crippen LogP contribution >= 0.6 is 11.6 Å². The second-order valence-electron chi connectivity index (χ2n) is 8.53. The fourth-order valence-corrected chi connectivity index (χ4v) is 4.49. The van der Waals surface area contributed by atoms with E-state index in [4.69, 9.17) is 16.3 Å². The normalized spacial score (nSPS) is 17.7.